The Morgan fingerprint density at radius 2 is 2.06 bits per heavy atom. The summed E-state index contributed by atoms with van der Waals surface area (Å²) in [7, 11) is -3.84. The number of anilines is 2. The first kappa shape index (κ1) is 25.3. The molecule has 4 N–H and O–H groups in total. The van der Waals surface area contributed by atoms with Crippen molar-refractivity contribution >= 4 is 21.7 Å². The minimum atomic E-state index is -3.84. The maximum atomic E-state index is 13.4. The summed E-state index contributed by atoms with van der Waals surface area (Å²) in [5.74, 6) is 1.56. The van der Waals surface area contributed by atoms with Gasteiger partial charge >= 0.3 is 0 Å². The molecule has 3 fully saturated rings. The van der Waals surface area contributed by atoms with Gasteiger partial charge in [-0.2, -0.15) is 0 Å². The number of aliphatic hydroxyl groups excluding tert-OH is 1. The van der Waals surface area contributed by atoms with Crippen molar-refractivity contribution in [2.45, 2.75) is 55.9 Å². The third kappa shape index (κ3) is 5.34. The number of halogens is 1. The molecule has 3 heterocycles. The maximum absolute atomic E-state index is 13.4. The molecule has 1 spiro atoms. The Kier molecular flexibility index (Phi) is 6.92. The van der Waals surface area contributed by atoms with Gasteiger partial charge in [-0.05, 0) is 75.3 Å². The van der Waals surface area contributed by atoms with E-state index in [-0.39, 0.29) is 16.9 Å². The molecule has 11 heteroatoms. The van der Waals surface area contributed by atoms with Crippen LogP contribution in [0.3, 0.4) is 0 Å². The van der Waals surface area contributed by atoms with Crippen LogP contribution >= 0.6 is 0 Å². The Balaban J connectivity index is 1.18. The van der Waals surface area contributed by atoms with Crippen LogP contribution in [0.2, 0.25) is 0 Å². The molecule has 36 heavy (non-hydrogen) atoms. The molecule has 2 atom stereocenters. The predicted molar refractivity (Wildman–Crippen MR) is 136 cm³/mol. The van der Waals surface area contributed by atoms with Gasteiger partial charge < -0.3 is 20.6 Å². The van der Waals surface area contributed by atoms with Crippen LogP contribution in [0, 0.1) is 18.2 Å². The highest BCUT2D eigenvalue weighted by Crippen LogP contribution is 2.48. The van der Waals surface area contributed by atoms with E-state index in [9.17, 15) is 17.9 Å². The van der Waals surface area contributed by atoms with Crippen molar-refractivity contribution in [3.8, 4) is 0 Å². The SMILES string of the molecule is Cc1cc(F)ccc1S(=O)(=O)NC[C@@H](O)CN1CCC[C@@]2(CCN(c3ncnc(N)c3C3CC3)C2)C1. The van der Waals surface area contributed by atoms with Crippen LogP contribution in [-0.4, -0.2) is 73.8 Å². The topological polar surface area (TPSA) is 125 Å². The molecule has 1 aromatic carbocycles. The molecule has 2 saturated heterocycles. The number of aliphatic hydroxyl groups is 1. The fraction of sp³-hybridized carbons (Fsp3) is 0.600. The molecule has 5 rings (SSSR count). The smallest absolute Gasteiger partial charge is 0.240 e. The second kappa shape index (κ2) is 9.85. The van der Waals surface area contributed by atoms with Crippen molar-refractivity contribution in [2.24, 2.45) is 5.41 Å². The van der Waals surface area contributed by atoms with E-state index in [1.807, 2.05) is 0 Å². The lowest BCUT2D eigenvalue weighted by atomic mass is 9.79. The third-order valence-corrected chi connectivity index (χ3v) is 9.35. The van der Waals surface area contributed by atoms with Gasteiger partial charge in [0.25, 0.3) is 0 Å². The van der Waals surface area contributed by atoms with Gasteiger partial charge in [0.05, 0.1) is 11.0 Å². The molecule has 2 aromatic rings. The summed E-state index contributed by atoms with van der Waals surface area (Å²) >= 11 is 0. The molecule has 1 aromatic heterocycles. The van der Waals surface area contributed by atoms with Gasteiger partial charge in [0.1, 0.15) is 23.8 Å². The Hall–Kier alpha value is -2.34. The molecule has 3 aliphatic rings. The van der Waals surface area contributed by atoms with E-state index < -0.39 is 21.9 Å². The van der Waals surface area contributed by atoms with E-state index in [0.29, 0.717) is 23.8 Å². The summed E-state index contributed by atoms with van der Waals surface area (Å²) < 4.78 is 41.2. The monoisotopic (exact) mass is 518 g/mol. The van der Waals surface area contributed by atoms with Gasteiger partial charge in [0.2, 0.25) is 10.0 Å². The molecule has 9 nitrogen and oxygen atoms in total. The van der Waals surface area contributed by atoms with Gasteiger partial charge in [-0.3, -0.25) is 0 Å². The number of sulfonamides is 1. The van der Waals surface area contributed by atoms with Gasteiger partial charge in [-0.1, -0.05) is 0 Å². The van der Waals surface area contributed by atoms with E-state index in [2.05, 4.69) is 24.5 Å². The van der Waals surface area contributed by atoms with E-state index >= 15 is 0 Å². The molecule has 1 saturated carbocycles. The normalized spacial score (nSPS) is 23.9. The second-order valence-electron chi connectivity index (χ2n) is 10.7. The average Bonchev–Trinajstić information content (AvgIpc) is 3.58. The number of likely N-dealkylation sites (tertiary alicyclic amines) is 1. The number of nitrogen functional groups attached to an aromatic ring is 1. The second-order valence-corrected chi connectivity index (χ2v) is 12.4. The summed E-state index contributed by atoms with van der Waals surface area (Å²) in [6.45, 7) is 5.38. The van der Waals surface area contributed by atoms with Crippen molar-refractivity contribution in [1.82, 2.24) is 19.6 Å². The van der Waals surface area contributed by atoms with Crippen molar-refractivity contribution in [3.63, 3.8) is 0 Å². The zero-order chi connectivity index (χ0) is 25.5. The first-order chi connectivity index (χ1) is 17.2. The standard InChI is InChI=1S/C25H35FN6O3S/c1-17-11-19(26)5-6-21(17)36(34,35)30-12-20(33)13-31-9-2-7-25(14-31)8-10-32(15-25)24-22(18-3-4-18)23(27)28-16-29-24/h5-6,11,16,18,20,30,33H,2-4,7-10,12-15H2,1H3,(H2,27,28,29)/t20-,25-/m1/s1. The average molecular weight is 519 g/mol. The number of aryl methyl sites for hydroxylation is 1. The Morgan fingerprint density at radius 3 is 2.81 bits per heavy atom. The number of aromatic nitrogens is 2. The van der Waals surface area contributed by atoms with E-state index in [1.165, 1.54) is 12.1 Å². The molecule has 0 amide bonds. The predicted octanol–water partition coefficient (Wildman–Crippen LogP) is 2.02. The lowest BCUT2D eigenvalue weighted by molar-refractivity contribution is 0.0557. The first-order valence-corrected chi connectivity index (χ1v) is 14.2. The van der Waals surface area contributed by atoms with E-state index in [1.54, 1.807) is 13.3 Å². The first-order valence-electron chi connectivity index (χ1n) is 12.7. The largest absolute Gasteiger partial charge is 0.390 e. The van der Waals surface area contributed by atoms with Crippen molar-refractivity contribution in [1.29, 1.82) is 0 Å². The minimum Gasteiger partial charge on any atom is -0.390 e. The molecule has 0 bridgehead atoms. The molecule has 0 unspecified atom stereocenters. The summed E-state index contributed by atoms with van der Waals surface area (Å²) in [5, 5.41) is 10.7. The zero-order valence-corrected chi connectivity index (χ0v) is 21.5. The van der Waals surface area contributed by atoms with E-state index in [4.69, 9.17) is 5.73 Å². The van der Waals surface area contributed by atoms with Gasteiger partial charge in [0.15, 0.2) is 0 Å². The lowest BCUT2D eigenvalue weighted by Gasteiger charge is -2.41. The van der Waals surface area contributed by atoms with Gasteiger partial charge in [0, 0.05) is 43.7 Å². The number of nitrogens with one attached hydrogen (secondary N) is 1. The Bertz CT molecular complexity index is 1220. The summed E-state index contributed by atoms with van der Waals surface area (Å²) in [4.78, 5) is 13.4. The van der Waals surface area contributed by atoms with Crippen LogP contribution < -0.4 is 15.4 Å². The molecular weight excluding hydrogens is 483 g/mol. The van der Waals surface area contributed by atoms with E-state index in [0.717, 1.165) is 75.7 Å². The number of rotatable bonds is 8. The summed E-state index contributed by atoms with van der Waals surface area (Å²) in [5.41, 5.74) is 7.75. The summed E-state index contributed by atoms with van der Waals surface area (Å²) in [6.07, 6.45) is 6.17. The number of β-amino-alcohol motifs (C(OH)–C–C–N with tert-alkyl or cyclic N) is 1. The van der Waals surface area contributed by atoms with Crippen molar-refractivity contribution in [3.05, 3.63) is 41.5 Å². The number of piperidine rings is 1. The number of hydrogen-bond donors (Lipinski definition) is 3. The molecule has 0 radical (unpaired) electrons. The number of benzene rings is 1. The fourth-order valence-electron chi connectivity index (χ4n) is 5.89. The van der Waals surface area contributed by atoms with Crippen LogP contribution in [0.5, 0.6) is 0 Å². The highest BCUT2D eigenvalue weighted by atomic mass is 32.2. The quantitative estimate of drug-likeness (QED) is 0.485. The highest BCUT2D eigenvalue weighted by molar-refractivity contribution is 7.89. The Labute approximate surface area is 212 Å². The number of nitrogens with zero attached hydrogens (tertiary/aromatic N) is 4. The molecule has 1 aliphatic carbocycles. The number of hydrogen-bond acceptors (Lipinski definition) is 8. The Morgan fingerprint density at radius 1 is 1.25 bits per heavy atom. The van der Waals surface area contributed by atoms with Gasteiger partial charge in [-0.15, -0.1) is 0 Å². The third-order valence-electron chi connectivity index (χ3n) is 7.76. The van der Waals surface area contributed by atoms with Crippen LogP contribution in [0.25, 0.3) is 0 Å². The van der Waals surface area contributed by atoms with Crippen LogP contribution in [0.4, 0.5) is 16.0 Å². The van der Waals surface area contributed by atoms with Gasteiger partial charge in [-0.25, -0.2) is 27.5 Å². The number of nitrogens with two attached hydrogens (primary N) is 1. The highest BCUT2D eigenvalue weighted by Gasteiger charge is 2.43. The minimum absolute atomic E-state index is 0.0231. The van der Waals surface area contributed by atoms with Crippen LogP contribution in [-0.2, 0) is 10.0 Å². The van der Waals surface area contributed by atoms with Crippen molar-refractivity contribution in [2.75, 3.05) is 49.9 Å². The zero-order valence-electron chi connectivity index (χ0n) is 20.7. The van der Waals surface area contributed by atoms with Crippen LogP contribution in [0.1, 0.15) is 49.1 Å². The maximum Gasteiger partial charge on any atom is 0.240 e. The summed E-state index contributed by atoms with van der Waals surface area (Å²) in [6, 6.07) is 3.56. The van der Waals surface area contributed by atoms with Crippen LogP contribution in [0.15, 0.2) is 29.4 Å². The molecular formula is C25H35FN6O3S. The van der Waals surface area contributed by atoms with Crippen molar-refractivity contribution < 1.29 is 17.9 Å². The lowest BCUT2D eigenvalue weighted by Crippen LogP contribution is -2.49. The fourth-order valence-corrected chi connectivity index (χ4v) is 7.19. The molecule has 2 aliphatic heterocycles. The molecule has 196 valence electrons.